The highest BCUT2D eigenvalue weighted by atomic mass is 16.6. The number of amides is 1. The summed E-state index contributed by atoms with van der Waals surface area (Å²) >= 11 is 0. The first-order valence-electron chi connectivity index (χ1n) is 6.11. The Bertz CT molecular complexity index is 285. The van der Waals surface area contributed by atoms with Crippen LogP contribution in [0.5, 0.6) is 0 Å². The normalized spacial score (nSPS) is 37.5. The predicted molar refractivity (Wildman–Crippen MR) is 62.3 cm³/mol. The average molecular weight is 226 g/mol. The Morgan fingerprint density at radius 3 is 2.56 bits per heavy atom. The van der Waals surface area contributed by atoms with Crippen molar-refractivity contribution in [3.63, 3.8) is 0 Å². The predicted octanol–water partition coefficient (Wildman–Crippen LogP) is 1.65. The van der Waals surface area contributed by atoms with Crippen molar-refractivity contribution >= 4 is 6.09 Å². The van der Waals surface area contributed by atoms with E-state index in [-0.39, 0.29) is 12.1 Å². The maximum atomic E-state index is 11.6. The molecular weight excluding hydrogens is 204 g/mol. The van der Waals surface area contributed by atoms with Crippen LogP contribution in [0.3, 0.4) is 0 Å². The van der Waals surface area contributed by atoms with Crippen molar-refractivity contribution in [3.05, 3.63) is 0 Å². The van der Waals surface area contributed by atoms with Crippen LogP contribution in [0.25, 0.3) is 0 Å². The van der Waals surface area contributed by atoms with Gasteiger partial charge in [0.15, 0.2) is 0 Å². The molecule has 2 heterocycles. The number of carbonyl (C=O) groups is 1. The van der Waals surface area contributed by atoms with Gasteiger partial charge in [0.25, 0.3) is 0 Å². The molecule has 0 aliphatic carbocycles. The van der Waals surface area contributed by atoms with Crippen LogP contribution in [0.15, 0.2) is 0 Å². The maximum Gasteiger partial charge on any atom is 0.407 e. The minimum Gasteiger partial charge on any atom is -0.444 e. The van der Waals surface area contributed by atoms with Crippen LogP contribution >= 0.6 is 0 Å². The lowest BCUT2D eigenvalue weighted by Gasteiger charge is -2.28. The summed E-state index contributed by atoms with van der Waals surface area (Å²) in [4.78, 5) is 11.6. The van der Waals surface area contributed by atoms with Crippen LogP contribution < -0.4 is 10.6 Å². The van der Waals surface area contributed by atoms with E-state index in [0.29, 0.717) is 18.0 Å². The van der Waals surface area contributed by atoms with E-state index in [2.05, 4.69) is 17.6 Å². The van der Waals surface area contributed by atoms with Gasteiger partial charge in [0.05, 0.1) is 0 Å². The topological polar surface area (TPSA) is 50.4 Å². The van der Waals surface area contributed by atoms with Crippen LogP contribution in [0.2, 0.25) is 0 Å². The molecule has 1 amide bonds. The van der Waals surface area contributed by atoms with Crippen molar-refractivity contribution in [2.24, 2.45) is 5.92 Å². The van der Waals surface area contributed by atoms with E-state index in [1.807, 2.05) is 20.8 Å². The summed E-state index contributed by atoms with van der Waals surface area (Å²) in [5, 5.41) is 6.50. The Morgan fingerprint density at radius 1 is 1.38 bits per heavy atom. The first kappa shape index (κ1) is 11.7. The lowest BCUT2D eigenvalue weighted by Crippen LogP contribution is -2.47. The molecule has 0 spiro atoms. The molecule has 4 heteroatoms. The average Bonchev–Trinajstić information content (AvgIpc) is 2.57. The summed E-state index contributed by atoms with van der Waals surface area (Å²) in [6, 6.07) is 1.25. The number of fused-ring (bicyclic) bond motifs is 2. The largest absolute Gasteiger partial charge is 0.444 e. The van der Waals surface area contributed by atoms with Gasteiger partial charge in [0.1, 0.15) is 5.60 Å². The highest BCUT2D eigenvalue weighted by Crippen LogP contribution is 2.33. The third-order valence-electron chi connectivity index (χ3n) is 3.37. The number of hydrogen-bond acceptors (Lipinski definition) is 3. The molecule has 0 aromatic carbocycles. The molecule has 2 aliphatic heterocycles. The van der Waals surface area contributed by atoms with Crippen LogP contribution in [0.1, 0.15) is 40.5 Å². The summed E-state index contributed by atoms with van der Waals surface area (Å²) < 4.78 is 5.26. The van der Waals surface area contributed by atoms with Crippen molar-refractivity contribution in [2.75, 3.05) is 0 Å². The molecular formula is C12H22N2O2. The molecule has 4 nitrogen and oxygen atoms in total. The molecule has 0 aromatic rings. The minimum absolute atomic E-state index is 0.239. The number of ether oxygens (including phenoxy) is 1. The van der Waals surface area contributed by atoms with Gasteiger partial charge in [-0.15, -0.1) is 0 Å². The van der Waals surface area contributed by atoms with Crippen LogP contribution in [0.4, 0.5) is 4.79 Å². The van der Waals surface area contributed by atoms with Gasteiger partial charge in [-0.05, 0) is 39.5 Å². The summed E-state index contributed by atoms with van der Waals surface area (Å²) in [7, 11) is 0. The zero-order chi connectivity index (χ0) is 11.9. The second kappa shape index (κ2) is 3.91. The zero-order valence-corrected chi connectivity index (χ0v) is 10.5. The Balaban J connectivity index is 1.85. The highest BCUT2D eigenvalue weighted by molar-refractivity contribution is 5.68. The molecule has 2 rings (SSSR count). The zero-order valence-electron chi connectivity index (χ0n) is 10.5. The van der Waals surface area contributed by atoms with E-state index in [4.69, 9.17) is 4.74 Å². The second-order valence-corrected chi connectivity index (χ2v) is 6.09. The molecule has 2 bridgehead atoms. The van der Waals surface area contributed by atoms with E-state index in [1.54, 1.807) is 0 Å². The summed E-state index contributed by atoms with van der Waals surface area (Å²) in [5.41, 5.74) is -0.416. The molecule has 2 aliphatic rings. The van der Waals surface area contributed by atoms with Gasteiger partial charge in [-0.3, -0.25) is 0 Å². The number of carbonyl (C=O) groups excluding carboxylic acids is 1. The first-order valence-corrected chi connectivity index (χ1v) is 6.11. The minimum atomic E-state index is -0.416. The number of rotatable bonds is 1. The lowest BCUT2D eigenvalue weighted by atomic mass is 9.87. The number of hydrogen-bond donors (Lipinski definition) is 2. The van der Waals surface area contributed by atoms with Crippen LogP contribution in [-0.4, -0.2) is 29.8 Å². The van der Waals surface area contributed by atoms with Crippen molar-refractivity contribution in [1.29, 1.82) is 0 Å². The van der Waals surface area contributed by atoms with Gasteiger partial charge in [0, 0.05) is 18.1 Å². The molecule has 0 radical (unpaired) electrons. The number of alkyl carbamates (subject to hydrolysis) is 1. The molecule has 16 heavy (non-hydrogen) atoms. The summed E-state index contributed by atoms with van der Waals surface area (Å²) in [6.45, 7) is 7.89. The molecule has 2 saturated heterocycles. The highest BCUT2D eigenvalue weighted by Gasteiger charge is 2.44. The second-order valence-electron chi connectivity index (χ2n) is 6.09. The van der Waals surface area contributed by atoms with E-state index >= 15 is 0 Å². The van der Waals surface area contributed by atoms with Gasteiger partial charge in [0.2, 0.25) is 0 Å². The Labute approximate surface area is 97.1 Å². The van der Waals surface area contributed by atoms with Crippen molar-refractivity contribution in [2.45, 2.75) is 64.3 Å². The quantitative estimate of drug-likeness (QED) is 0.715. The van der Waals surface area contributed by atoms with Crippen molar-refractivity contribution in [1.82, 2.24) is 10.6 Å². The monoisotopic (exact) mass is 226 g/mol. The van der Waals surface area contributed by atoms with Gasteiger partial charge in [-0.1, -0.05) is 6.92 Å². The van der Waals surface area contributed by atoms with Crippen LogP contribution in [-0.2, 0) is 4.74 Å². The van der Waals surface area contributed by atoms with E-state index in [0.717, 1.165) is 6.42 Å². The van der Waals surface area contributed by atoms with E-state index in [9.17, 15) is 4.79 Å². The molecule has 92 valence electrons. The molecule has 4 atom stereocenters. The van der Waals surface area contributed by atoms with Gasteiger partial charge in [-0.2, -0.15) is 0 Å². The van der Waals surface area contributed by atoms with E-state index < -0.39 is 5.60 Å². The van der Waals surface area contributed by atoms with Crippen molar-refractivity contribution < 1.29 is 9.53 Å². The van der Waals surface area contributed by atoms with Crippen LogP contribution in [0, 0.1) is 5.92 Å². The first-order chi connectivity index (χ1) is 7.35. The smallest absolute Gasteiger partial charge is 0.407 e. The maximum absolute atomic E-state index is 11.6. The molecule has 2 fully saturated rings. The van der Waals surface area contributed by atoms with Gasteiger partial charge >= 0.3 is 6.09 Å². The van der Waals surface area contributed by atoms with Gasteiger partial charge < -0.3 is 15.4 Å². The fourth-order valence-electron chi connectivity index (χ4n) is 2.84. The number of nitrogens with one attached hydrogen (secondary N) is 2. The Morgan fingerprint density at radius 2 is 2.06 bits per heavy atom. The summed E-state index contributed by atoms with van der Waals surface area (Å²) in [6.07, 6.45) is 1.98. The standard InChI is InChI=1S/C12H22N2O2/c1-7-5-8-6-9(10(7)13-8)14-11(15)16-12(2,3)4/h7-10,13H,5-6H2,1-4H3,(H,14,15). The van der Waals surface area contributed by atoms with Crippen molar-refractivity contribution in [3.8, 4) is 0 Å². The molecule has 0 aromatic heterocycles. The Hall–Kier alpha value is -0.770. The fourth-order valence-corrected chi connectivity index (χ4v) is 2.84. The summed E-state index contributed by atoms with van der Waals surface area (Å²) in [5.74, 6) is 0.652. The SMILES string of the molecule is CC1CC2CC(NC(=O)OC(C)(C)C)C1N2. The third-order valence-corrected chi connectivity index (χ3v) is 3.37. The third kappa shape index (κ3) is 2.48. The van der Waals surface area contributed by atoms with Gasteiger partial charge in [-0.25, -0.2) is 4.79 Å². The lowest BCUT2D eigenvalue weighted by molar-refractivity contribution is 0.0492. The Kier molecular flexibility index (Phi) is 2.86. The fraction of sp³-hybridized carbons (Fsp3) is 0.917. The molecule has 4 unspecified atom stereocenters. The molecule has 2 N–H and O–H groups in total. The molecule has 0 saturated carbocycles. The van der Waals surface area contributed by atoms with E-state index in [1.165, 1.54) is 6.42 Å².